The molecule has 2 rings (SSSR count). The molecule has 90 valence electrons. The number of halogens is 1. The van der Waals surface area contributed by atoms with Crippen LogP contribution in [0, 0.1) is 13.8 Å². The third-order valence-corrected chi connectivity index (χ3v) is 3.65. The molecule has 0 fully saturated rings. The molecule has 0 aliphatic heterocycles. The Kier molecular flexibility index (Phi) is 2.88. The molecule has 0 bridgehead atoms. The molecule has 0 radical (unpaired) electrons. The summed E-state index contributed by atoms with van der Waals surface area (Å²) in [5.74, 6) is 0.444. The minimum atomic E-state index is -3.79. The van der Waals surface area contributed by atoms with E-state index in [2.05, 4.69) is 15.3 Å². The second-order valence-electron chi connectivity index (χ2n) is 3.48. The van der Waals surface area contributed by atoms with Crippen molar-refractivity contribution in [3.8, 4) is 5.82 Å². The molecule has 2 heterocycles. The smallest absolute Gasteiger partial charge is 0.217 e. The molecule has 0 N–H and O–H groups in total. The molecule has 0 aromatic carbocycles. The molecule has 6 nitrogen and oxygen atoms in total. The van der Waals surface area contributed by atoms with E-state index in [1.165, 1.54) is 10.9 Å². The summed E-state index contributed by atoms with van der Waals surface area (Å²) in [6, 6.07) is 3.46. The van der Waals surface area contributed by atoms with Gasteiger partial charge < -0.3 is 0 Å². The van der Waals surface area contributed by atoms with Gasteiger partial charge in [0, 0.05) is 10.7 Å². The molecule has 0 aliphatic rings. The normalized spacial score (nSPS) is 11.7. The Hall–Kier alpha value is -1.47. The molecule has 0 unspecified atom stereocenters. The van der Waals surface area contributed by atoms with Crippen LogP contribution in [-0.4, -0.2) is 28.4 Å². The highest BCUT2D eigenvalue weighted by molar-refractivity contribution is 8.13. The number of rotatable bonds is 2. The fraction of sp³-hybridized carbons (Fsp3) is 0.222. The van der Waals surface area contributed by atoms with E-state index in [0.29, 0.717) is 11.5 Å². The van der Waals surface area contributed by atoms with Crippen LogP contribution in [0.15, 0.2) is 23.2 Å². The van der Waals surface area contributed by atoms with Crippen LogP contribution >= 0.6 is 10.7 Å². The molecule has 0 aliphatic carbocycles. The average molecular weight is 273 g/mol. The van der Waals surface area contributed by atoms with E-state index in [-0.39, 0.29) is 4.90 Å². The van der Waals surface area contributed by atoms with Crippen LogP contribution in [-0.2, 0) is 9.05 Å². The van der Waals surface area contributed by atoms with E-state index in [4.69, 9.17) is 10.7 Å². The van der Waals surface area contributed by atoms with Gasteiger partial charge in [0.2, 0.25) is 0 Å². The van der Waals surface area contributed by atoms with E-state index < -0.39 is 9.05 Å². The van der Waals surface area contributed by atoms with Crippen molar-refractivity contribution in [2.75, 3.05) is 0 Å². The predicted molar refractivity (Wildman–Crippen MR) is 61.7 cm³/mol. The first-order valence-electron chi connectivity index (χ1n) is 4.69. The van der Waals surface area contributed by atoms with Gasteiger partial charge in [-0.1, -0.05) is 0 Å². The molecular formula is C9H9ClN4O2S. The lowest BCUT2D eigenvalue weighted by atomic mass is 10.4. The zero-order valence-electron chi connectivity index (χ0n) is 9.12. The van der Waals surface area contributed by atoms with Crippen LogP contribution in [0.4, 0.5) is 0 Å². The fourth-order valence-corrected chi connectivity index (χ4v) is 2.44. The fourth-order valence-electron chi connectivity index (χ4n) is 1.37. The monoisotopic (exact) mass is 272 g/mol. The van der Waals surface area contributed by atoms with Gasteiger partial charge in [0.25, 0.3) is 9.05 Å². The molecule has 0 saturated carbocycles. The van der Waals surface area contributed by atoms with E-state index >= 15 is 0 Å². The van der Waals surface area contributed by atoms with Crippen molar-refractivity contribution in [2.45, 2.75) is 18.7 Å². The van der Waals surface area contributed by atoms with Gasteiger partial charge in [-0.05, 0) is 26.0 Å². The predicted octanol–water partition coefficient (Wildman–Crippen LogP) is 1.21. The minimum Gasteiger partial charge on any atom is -0.217 e. The van der Waals surface area contributed by atoms with E-state index in [0.717, 1.165) is 5.69 Å². The van der Waals surface area contributed by atoms with E-state index in [1.54, 1.807) is 26.0 Å². The summed E-state index contributed by atoms with van der Waals surface area (Å²) < 4.78 is 23.8. The van der Waals surface area contributed by atoms with Crippen molar-refractivity contribution in [3.05, 3.63) is 29.7 Å². The number of aryl methyl sites for hydroxylation is 1. The lowest BCUT2D eigenvalue weighted by Gasteiger charge is -2.02. The highest BCUT2D eigenvalue weighted by atomic mass is 35.7. The van der Waals surface area contributed by atoms with Gasteiger partial charge in [-0.25, -0.2) is 13.1 Å². The summed E-state index contributed by atoms with van der Waals surface area (Å²) in [5.41, 5.74) is 1.17. The molecule has 17 heavy (non-hydrogen) atoms. The van der Waals surface area contributed by atoms with Crippen LogP contribution in [0.25, 0.3) is 5.82 Å². The second kappa shape index (κ2) is 4.08. The number of hydrogen-bond acceptors (Lipinski definition) is 5. The average Bonchev–Trinajstić information content (AvgIpc) is 2.61. The maximum atomic E-state index is 11.2. The highest BCUT2D eigenvalue weighted by Crippen LogP contribution is 2.20. The van der Waals surface area contributed by atoms with Crippen LogP contribution < -0.4 is 0 Å². The van der Waals surface area contributed by atoms with Gasteiger partial charge in [0.05, 0.1) is 17.6 Å². The van der Waals surface area contributed by atoms with Crippen LogP contribution in [0.3, 0.4) is 0 Å². The number of hydrogen-bond donors (Lipinski definition) is 0. The Morgan fingerprint density at radius 2 is 1.94 bits per heavy atom. The first-order chi connectivity index (χ1) is 7.89. The Balaban J connectivity index is 2.55. The quantitative estimate of drug-likeness (QED) is 0.768. The summed E-state index contributed by atoms with van der Waals surface area (Å²) in [7, 11) is 1.48. The molecule has 8 heteroatoms. The van der Waals surface area contributed by atoms with Crippen molar-refractivity contribution in [3.63, 3.8) is 0 Å². The van der Waals surface area contributed by atoms with Crippen molar-refractivity contribution >= 4 is 19.7 Å². The van der Waals surface area contributed by atoms with Crippen LogP contribution in [0.5, 0.6) is 0 Å². The molecule has 0 spiro atoms. The van der Waals surface area contributed by atoms with Crippen LogP contribution in [0.1, 0.15) is 11.4 Å². The first kappa shape index (κ1) is 12.0. The summed E-state index contributed by atoms with van der Waals surface area (Å²) >= 11 is 0. The maximum Gasteiger partial charge on any atom is 0.264 e. The zero-order chi connectivity index (χ0) is 12.6. The number of aromatic nitrogens is 4. The van der Waals surface area contributed by atoms with Crippen molar-refractivity contribution in [1.82, 2.24) is 20.0 Å². The van der Waals surface area contributed by atoms with Crippen molar-refractivity contribution < 1.29 is 8.42 Å². The Morgan fingerprint density at radius 1 is 1.24 bits per heavy atom. The minimum absolute atomic E-state index is 0.0264. The van der Waals surface area contributed by atoms with Crippen molar-refractivity contribution in [2.24, 2.45) is 0 Å². The highest BCUT2D eigenvalue weighted by Gasteiger charge is 2.19. The third kappa shape index (κ3) is 2.29. The largest absolute Gasteiger partial charge is 0.264 e. The molecular weight excluding hydrogens is 264 g/mol. The summed E-state index contributed by atoms with van der Waals surface area (Å²) in [6.07, 6.45) is 1.19. The Morgan fingerprint density at radius 3 is 2.41 bits per heavy atom. The maximum absolute atomic E-state index is 11.2. The molecule has 2 aromatic rings. The second-order valence-corrected chi connectivity index (χ2v) is 6.01. The lowest BCUT2D eigenvalue weighted by molar-refractivity contribution is 0.609. The molecule has 0 atom stereocenters. The van der Waals surface area contributed by atoms with Gasteiger partial charge in [0.1, 0.15) is 4.90 Å². The summed E-state index contributed by atoms with van der Waals surface area (Å²) in [4.78, 5) is -0.0264. The summed E-state index contributed by atoms with van der Waals surface area (Å²) in [6.45, 7) is 3.41. The molecule has 2 aromatic heterocycles. The zero-order valence-corrected chi connectivity index (χ0v) is 10.7. The van der Waals surface area contributed by atoms with Gasteiger partial charge in [-0.3, -0.25) is 0 Å². The van der Waals surface area contributed by atoms with Crippen LogP contribution in [0.2, 0.25) is 0 Å². The van der Waals surface area contributed by atoms with Gasteiger partial charge >= 0.3 is 0 Å². The van der Waals surface area contributed by atoms with E-state index in [1.807, 2.05) is 0 Å². The standard InChI is InChI=1S/C9H9ClN4O2S/c1-6-3-4-9(13-12-6)14-7(2)8(5-11-14)17(10,15)16/h3-5H,1-2H3. The first-order valence-corrected chi connectivity index (χ1v) is 7.00. The Bertz CT molecular complexity index is 648. The topological polar surface area (TPSA) is 77.7 Å². The van der Waals surface area contributed by atoms with Gasteiger partial charge in [-0.15, -0.1) is 5.10 Å². The summed E-state index contributed by atoms with van der Waals surface area (Å²) in [5, 5.41) is 11.7. The van der Waals surface area contributed by atoms with E-state index in [9.17, 15) is 8.42 Å². The molecule has 0 amide bonds. The number of nitrogens with zero attached hydrogens (tertiary/aromatic N) is 4. The van der Waals surface area contributed by atoms with Gasteiger partial charge in [0.15, 0.2) is 5.82 Å². The van der Waals surface area contributed by atoms with Gasteiger partial charge in [-0.2, -0.15) is 10.2 Å². The third-order valence-electron chi connectivity index (χ3n) is 2.23. The van der Waals surface area contributed by atoms with Crippen molar-refractivity contribution in [1.29, 1.82) is 0 Å². The Labute approximate surface area is 103 Å². The lowest BCUT2D eigenvalue weighted by Crippen LogP contribution is -2.04. The SMILES string of the molecule is Cc1ccc(-n2ncc(S(=O)(=O)Cl)c2C)nn1. The molecule has 0 saturated heterocycles.